The van der Waals surface area contributed by atoms with Gasteiger partial charge in [0.15, 0.2) is 0 Å². The minimum Gasteiger partial charge on any atom is -0.462 e. The van der Waals surface area contributed by atoms with Gasteiger partial charge >= 0.3 is 5.97 Å². The molecule has 0 aliphatic heterocycles. The van der Waals surface area contributed by atoms with Crippen LogP contribution in [0.5, 0.6) is 0 Å². The Labute approximate surface area is 158 Å². The molecule has 0 aliphatic rings. The third kappa shape index (κ3) is 3.88. The molecule has 0 fully saturated rings. The SMILES string of the molecule is CCOC(=O)c1c(-c2ccccc2)csc1NC(=O)c1c(F)cccc1F. The first kappa shape index (κ1) is 18.7. The minimum absolute atomic E-state index is 0.151. The number of hydrogen-bond acceptors (Lipinski definition) is 4. The van der Waals surface area contributed by atoms with Gasteiger partial charge in [-0.15, -0.1) is 11.3 Å². The van der Waals surface area contributed by atoms with Crippen LogP contribution in [-0.2, 0) is 4.74 Å². The van der Waals surface area contributed by atoms with E-state index in [1.807, 2.05) is 30.3 Å². The van der Waals surface area contributed by atoms with Crippen molar-refractivity contribution >= 4 is 28.2 Å². The third-order valence-corrected chi connectivity index (χ3v) is 4.67. The van der Waals surface area contributed by atoms with Crippen molar-refractivity contribution in [3.63, 3.8) is 0 Å². The predicted molar refractivity (Wildman–Crippen MR) is 100 cm³/mol. The van der Waals surface area contributed by atoms with Gasteiger partial charge in [-0.05, 0) is 24.6 Å². The Morgan fingerprint density at radius 3 is 2.30 bits per heavy atom. The molecule has 27 heavy (non-hydrogen) atoms. The monoisotopic (exact) mass is 387 g/mol. The van der Waals surface area contributed by atoms with Crippen LogP contribution < -0.4 is 5.32 Å². The summed E-state index contributed by atoms with van der Waals surface area (Å²) in [6.45, 7) is 1.82. The molecule has 0 spiro atoms. The van der Waals surface area contributed by atoms with Crippen LogP contribution in [0.2, 0.25) is 0 Å². The van der Waals surface area contributed by atoms with Crippen molar-refractivity contribution in [2.75, 3.05) is 11.9 Å². The largest absolute Gasteiger partial charge is 0.462 e. The molecule has 3 rings (SSSR count). The highest BCUT2D eigenvalue weighted by molar-refractivity contribution is 7.15. The van der Waals surface area contributed by atoms with E-state index in [2.05, 4.69) is 5.32 Å². The van der Waals surface area contributed by atoms with Gasteiger partial charge in [-0.25, -0.2) is 13.6 Å². The fourth-order valence-corrected chi connectivity index (χ4v) is 3.52. The lowest BCUT2D eigenvalue weighted by Gasteiger charge is -2.09. The molecule has 0 bridgehead atoms. The van der Waals surface area contributed by atoms with Gasteiger partial charge < -0.3 is 10.1 Å². The number of carbonyl (C=O) groups is 2. The summed E-state index contributed by atoms with van der Waals surface area (Å²) in [5.74, 6) is -3.56. The number of halogens is 2. The number of carbonyl (C=O) groups excluding carboxylic acids is 2. The van der Waals surface area contributed by atoms with Crippen molar-refractivity contribution in [2.24, 2.45) is 0 Å². The van der Waals surface area contributed by atoms with Gasteiger partial charge in [0.05, 0.1) is 6.61 Å². The second-order valence-electron chi connectivity index (χ2n) is 5.49. The van der Waals surface area contributed by atoms with Gasteiger partial charge in [0.25, 0.3) is 5.91 Å². The number of benzene rings is 2. The summed E-state index contributed by atoms with van der Waals surface area (Å²) in [6, 6.07) is 12.2. The van der Waals surface area contributed by atoms with E-state index in [1.54, 1.807) is 12.3 Å². The normalized spacial score (nSPS) is 10.5. The number of hydrogen-bond donors (Lipinski definition) is 1. The Balaban J connectivity index is 2.02. The van der Waals surface area contributed by atoms with Crippen molar-refractivity contribution in [1.29, 1.82) is 0 Å². The number of anilines is 1. The molecular weight excluding hydrogens is 372 g/mol. The number of nitrogens with one attached hydrogen (secondary N) is 1. The van der Waals surface area contributed by atoms with Crippen LogP contribution in [0.3, 0.4) is 0 Å². The maximum atomic E-state index is 13.9. The van der Waals surface area contributed by atoms with Crippen molar-refractivity contribution in [3.8, 4) is 11.1 Å². The summed E-state index contributed by atoms with van der Waals surface area (Å²) in [4.78, 5) is 24.9. The lowest BCUT2D eigenvalue weighted by molar-refractivity contribution is 0.0529. The highest BCUT2D eigenvalue weighted by atomic mass is 32.1. The molecule has 4 nitrogen and oxygen atoms in total. The second kappa shape index (κ2) is 8.09. The minimum atomic E-state index is -0.981. The molecule has 0 aliphatic carbocycles. The fraction of sp³-hybridized carbons (Fsp3) is 0.100. The summed E-state index contributed by atoms with van der Waals surface area (Å²) in [7, 11) is 0. The first-order valence-electron chi connectivity index (χ1n) is 8.12. The number of esters is 1. The highest BCUT2D eigenvalue weighted by Crippen LogP contribution is 2.36. The van der Waals surface area contributed by atoms with Crippen LogP contribution in [0, 0.1) is 11.6 Å². The van der Waals surface area contributed by atoms with Crippen LogP contribution in [0.25, 0.3) is 11.1 Å². The Bertz CT molecular complexity index is 966. The topological polar surface area (TPSA) is 55.4 Å². The van der Waals surface area contributed by atoms with Crippen molar-refractivity contribution in [1.82, 2.24) is 0 Å². The molecule has 1 amide bonds. The Morgan fingerprint density at radius 2 is 1.67 bits per heavy atom. The van der Waals surface area contributed by atoms with E-state index in [0.29, 0.717) is 5.56 Å². The first-order valence-corrected chi connectivity index (χ1v) is 9.00. The van der Waals surface area contributed by atoms with E-state index in [9.17, 15) is 18.4 Å². The molecule has 0 atom stereocenters. The van der Waals surface area contributed by atoms with Crippen LogP contribution >= 0.6 is 11.3 Å². The van der Waals surface area contributed by atoms with Crippen LogP contribution in [0.4, 0.5) is 13.8 Å². The standard InChI is InChI=1S/C20H15F2NO3S/c1-2-26-20(25)16-13(12-7-4-3-5-8-12)11-27-19(16)23-18(24)17-14(21)9-6-10-15(17)22/h3-11H,2H2,1H3,(H,23,24). The highest BCUT2D eigenvalue weighted by Gasteiger charge is 2.25. The average Bonchev–Trinajstić information content (AvgIpc) is 3.06. The van der Waals surface area contributed by atoms with Crippen molar-refractivity contribution < 1.29 is 23.1 Å². The zero-order valence-corrected chi connectivity index (χ0v) is 15.1. The van der Waals surface area contributed by atoms with E-state index in [4.69, 9.17) is 4.74 Å². The molecule has 0 saturated carbocycles. The number of amides is 1. The summed E-state index contributed by atoms with van der Waals surface area (Å²) < 4.78 is 32.8. The van der Waals surface area contributed by atoms with E-state index >= 15 is 0 Å². The molecular formula is C20H15F2NO3S. The van der Waals surface area contributed by atoms with Gasteiger partial charge in [0.2, 0.25) is 0 Å². The lowest BCUT2D eigenvalue weighted by Crippen LogP contribution is -2.17. The molecule has 2 aromatic carbocycles. The van der Waals surface area contributed by atoms with Crippen LogP contribution in [0.15, 0.2) is 53.9 Å². The Hall–Kier alpha value is -3.06. The van der Waals surface area contributed by atoms with Crippen LogP contribution in [0.1, 0.15) is 27.6 Å². The molecule has 1 aromatic heterocycles. The molecule has 1 N–H and O–H groups in total. The molecule has 0 radical (unpaired) electrons. The summed E-state index contributed by atoms with van der Waals surface area (Å²) >= 11 is 1.08. The van der Waals surface area contributed by atoms with Crippen molar-refractivity contribution in [3.05, 3.63) is 76.7 Å². The maximum absolute atomic E-state index is 13.9. The molecule has 0 saturated heterocycles. The zero-order valence-electron chi connectivity index (χ0n) is 14.3. The quantitative estimate of drug-likeness (QED) is 0.618. The van der Waals surface area contributed by atoms with E-state index in [-0.39, 0.29) is 17.2 Å². The smallest absolute Gasteiger partial charge is 0.341 e. The van der Waals surface area contributed by atoms with Gasteiger partial charge in [0, 0.05) is 10.9 Å². The van der Waals surface area contributed by atoms with Crippen LogP contribution in [-0.4, -0.2) is 18.5 Å². The second-order valence-corrected chi connectivity index (χ2v) is 6.37. The Kier molecular flexibility index (Phi) is 5.61. The molecule has 7 heteroatoms. The van der Waals surface area contributed by atoms with Gasteiger partial charge in [0.1, 0.15) is 27.8 Å². The summed E-state index contributed by atoms with van der Waals surface area (Å²) in [5, 5.41) is 4.29. The van der Waals surface area contributed by atoms with Gasteiger partial charge in [-0.1, -0.05) is 36.4 Å². The van der Waals surface area contributed by atoms with E-state index < -0.39 is 29.1 Å². The molecule has 0 unspecified atom stereocenters. The summed E-state index contributed by atoms with van der Waals surface area (Å²) in [5.41, 5.74) is 0.776. The number of thiophene rings is 1. The first-order chi connectivity index (χ1) is 13.0. The van der Waals surface area contributed by atoms with E-state index in [0.717, 1.165) is 29.0 Å². The predicted octanol–water partition coefficient (Wildman–Crippen LogP) is 5.12. The van der Waals surface area contributed by atoms with Gasteiger partial charge in [-0.3, -0.25) is 4.79 Å². The zero-order chi connectivity index (χ0) is 19.4. The number of rotatable bonds is 5. The van der Waals surface area contributed by atoms with Crippen molar-refractivity contribution in [2.45, 2.75) is 6.92 Å². The number of ether oxygens (including phenoxy) is 1. The molecule has 3 aromatic rings. The lowest BCUT2D eigenvalue weighted by atomic mass is 10.0. The van der Waals surface area contributed by atoms with E-state index in [1.165, 1.54) is 6.07 Å². The molecule has 1 heterocycles. The Morgan fingerprint density at radius 1 is 1.00 bits per heavy atom. The maximum Gasteiger partial charge on any atom is 0.341 e. The summed E-state index contributed by atoms with van der Waals surface area (Å²) in [6.07, 6.45) is 0. The molecule has 138 valence electrons. The van der Waals surface area contributed by atoms with Gasteiger partial charge in [-0.2, -0.15) is 0 Å². The third-order valence-electron chi connectivity index (χ3n) is 3.77. The average molecular weight is 387 g/mol. The fourth-order valence-electron chi connectivity index (χ4n) is 2.57.